The van der Waals surface area contributed by atoms with Crippen molar-refractivity contribution in [3.8, 4) is 22.3 Å². The van der Waals surface area contributed by atoms with E-state index in [2.05, 4.69) is 154 Å². The van der Waals surface area contributed by atoms with Crippen LogP contribution in [0.15, 0.2) is 121 Å². The second kappa shape index (κ2) is 10.9. The molecule has 0 unspecified atom stereocenters. The van der Waals surface area contributed by atoms with Crippen LogP contribution in [0.1, 0.15) is 80.2 Å². The summed E-state index contributed by atoms with van der Waals surface area (Å²) in [4.78, 5) is 2.56. The van der Waals surface area contributed by atoms with E-state index in [9.17, 15) is 0 Å². The number of fused-ring (bicyclic) bond motifs is 4. The van der Waals surface area contributed by atoms with Gasteiger partial charge in [-0.1, -0.05) is 98.8 Å². The first-order valence-corrected chi connectivity index (χ1v) is 19.0. The van der Waals surface area contributed by atoms with Crippen LogP contribution in [-0.4, -0.2) is 0 Å². The Morgan fingerprint density at radius 1 is 0.520 bits per heavy atom. The van der Waals surface area contributed by atoms with Gasteiger partial charge in [0.15, 0.2) is 0 Å². The minimum Gasteiger partial charge on any atom is -0.310 e. The van der Waals surface area contributed by atoms with Crippen LogP contribution in [0.3, 0.4) is 0 Å². The molecule has 4 saturated carbocycles. The second-order valence-electron chi connectivity index (χ2n) is 17.0. The summed E-state index contributed by atoms with van der Waals surface area (Å²) in [6.45, 7) is 9.32. The summed E-state index contributed by atoms with van der Waals surface area (Å²) in [6, 6.07) is 46.6. The van der Waals surface area contributed by atoms with E-state index in [4.69, 9.17) is 0 Å². The van der Waals surface area contributed by atoms with E-state index in [1.165, 1.54) is 111 Å². The molecule has 6 aromatic carbocycles. The molecular weight excluding hydrogens is 603 g/mol. The Morgan fingerprint density at radius 2 is 1.14 bits per heavy atom. The lowest BCUT2D eigenvalue weighted by atomic mass is 9.48. The predicted molar refractivity (Wildman–Crippen MR) is 211 cm³/mol. The first-order chi connectivity index (χ1) is 24.3. The lowest BCUT2D eigenvalue weighted by molar-refractivity contribution is -0.00518. The van der Waals surface area contributed by atoms with E-state index in [0.29, 0.717) is 5.41 Å². The van der Waals surface area contributed by atoms with Crippen molar-refractivity contribution in [2.75, 3.05) is 4.90 Å². The van der Waals surface area contributed by atoms with Crippen LogP contribution in [-0.2, 0) is 10.8 Å². The molecule has 248 valence electrons. The molecule has 0 saturated heterocycles. The molecule has 0 radical (unpaired) electrons. The Bertz CT molecular complexity index is 2270. The fourth-order valence-electron chi connectivity index (χ4n) is 11.5. The summed E-state index contributed by atoms with van der Waals surface area (Å²) in [5, 5.41) is 2.53. The zero-order valence-corrected chi connectivity index (χ0v) is 30.0. The summed E-state index contributed by atoms with van der Waals surface area (Å²) >= 11 is 0. The number of aryl methyl sites for hydroxylation is 2. The third-order valence-electron chi connectivity index (χ3n) is 13.5. The van der Waals surface area contributed by atoms with Gasteiger partial charge in [-0.15, -0.1) is 0 Å². The normalized spacial score (nSPS) is 24.0. The SMILES string of the molecule is Cc1ccccc1-c1cc2ccccc2cc1N(c1ccc(C23CC4CC(CC(C4)C2)C3)cc1)c1ccc2c(c1)C(C)(C)c1cccc(C)c1-2. The molecule has 1 nitrogen and oxygen atoms in total. The van der Waals surface area contributed by atoms with Gasteiger partial charge in [-0.05, 0) is 167 Å². The van der Waals surface area contributed by atoms with E-state index in [-0.39, 0.29) is 5.41 Å². The van der Waals surface area contributed by atoms with Crippen molar-refractivity contribution in [1.29, 1.82) is 0 Å². The highest BCUT2D eigenvalue weighted by atomic mass is 15.1. The monoisotopic (exact) mass is 649 g/mol. The minimum atomic E-state index is -0.0804. The van der Waals surface area contributed by atoms with Crippen molar-refractivity contribution in [1.82, 2.24) is 0 Å². The molecule has 0 aliphatic heterocycles. The second-order valence-corrected chi connectivity index (χ2v) is 17.0. The van der Waals surface area contributed by atoms with E-state index < -0.39 is 0 Å². The van der Waals surface area contributed by atoms with E-state index in [1.54, 1.807) is 5.56 Å². The van der Waals surface area contributed by atoms with E-state index >= 15 is 0 Å². The summed E-state index contributed by atoms with van der Waals surface area (Å²) in [7, 11) is 0. The number of hydrogen-bond donors (Lipinski definition) is 0. The van der Waals surface area contributed by atoms with Crippen molar-refractivity contribution in [2.45, 2.75) is 77.0 Å². The number of anilines is 3. The fourth-order valence-corrected chi connectivity index (χ4v) is 11.5. The van der Waals surface area contributed by atoms with Gasteiger partial charge in [0, 0.05) is 22.4 Å². The lowest BCUT2D eigenvalue weighted by Gasteiger charge is -2.57. The zero-order chi connectivity index (χ0) is 33.8. The van der Waals surface area contributed by atoms with Gasteiger partial charge in [0.1, 0.15) is 0 Å². The molecule has 50 heavy (non-hydrogen) atoms. The Hall–Kier alpha value is -4.62. The highest BCUT2D eigenvalue weighted by Gasteiger charge is 2.51. The van der Waals surface area contributed by atoms with Gasteiger partial charge in [0.2, 0.25) is 0 Å². The zero-order valence-electron chi connectivity index (χ0n) is 30.0. The van der Waals surface area contributed by atoms with Crippen LogP contribution in [0.5, 0.6) is 0 Å². The first kappa shape index (κ1) is 30.2. The molecule has 5 aliphatic rings. The fraction of sp³-hybridized carbons (Fsp3) is 0.306. The number of benzene rings is 6. The van der Waals surface area contributed by atoms with Gasteiger partial charge < -0.3 is 4.90 Å². The maximum Gasteiger partial charge on any atom is 0.0546 e. The van der Waals surface area contributed by atoms with E-state index in [0.717, 1.165) is 17.8 Å². The molecule has 0 spiro atoms. The number of rotatable bonds is 5. The predicted octanol–water partition coefficient (Wildman–Crippen LogP) is 13.4. The Morgan fingerprint density at radius 3 is 1.84 bits per heavy atom. The van der Waals surface area contributed by atoms with Crippen LogP contribution in [0.4, 0.5) is 17.1 Å². The first-order valence-electron chi connectivity index (χ1n) is 19.0. The minimum absolute atomic E-state index is 0.0804. The summed E-state index contributed by atoms with van der Waals surface area (Å²) < 4.78 is 0. The van der Waals surface area contributed by atoms with Gasteiger partial charge in [-0.25, -0.2) is 0 Å². The number of nitrogens with zero attached hydrogens (tertiary/aromatic N) is 1. The van der Waals surface area contributed by atoms with Crippen LogP contribution >= 0.6 is 0 Å². The van der Waals surface area contributed by atoms with Crippen LogP contribution < -0.4 is 4.90 Å². The highest BCUT2D eigenvalue weighted by molar-refractivity contribution is 5.99. The van der Waals surface area contributed by atoms with Gasteiger partial charge >= 0.3 is 0 Å². The standard InChI is InChI=1S/C49H47N/c1-31-10-5-8-14-41(31)43-25-36-12-6-7-13-37(36)26-46(43)50(40-20-21-42-45(27-40)48(3,4)44-15-9-11-32(2)47(42)44)39-18-16-38(17-19-39)49-28-33-22-34(29-49)24-35(23-33)30-49/h5-21,25-27,33-35H,22-24,28-30H2,1-4H3. The number of hydrogen-bond acceptors (Lipinski definition) is 1. The van der Waals surface area contributed by atoms with E-state index in [1.807, 2.05) is 0 Å². The molecule has 0 aromatic heterocycles. The Kier molecular flexibility index (Phi) is 6.61. The average molecular weight is 650 g/mol. The maximum atomic E-state index is 2.56. The Balaban J connectivity index is 1.18. The Labute approximate surface area is 298 Å². The van der Waals surface area contributed by atoms with Crippen molar-refractivity contribution in [3.63, 3.8) is 0 Å². The molecule has 6 aromatic rings. The summed E-state index contributed by atoms with van der Waals surface area (Å²) in [5.41, 5.74) is 16.4. The van der Waals surface area contributed by atoms with Gasteiger partial charge in [0.05, 0.1) is 5.69 Å². The lowest BCUT2D eigenvalue weighted by Crippen LogP contribution is -2.48. The quantitative estimate of drug-likeness (QED) is 0.180. The molecule has 0 amide bonds. The molecule has 11 rings (SSSR count). The third-order valence-corrected chi connectivity index (χ3v) is 13.5. The molecule has 4 fully saturated rings. The molecule has 5 aliphatic carbocycles. The van der Waals surface area contributed by atoms with Gasteiger partial charge in [0.25, 0.3) is 0 Å². The van der Waals surface area contributed by atoms with Crippen molar-refractivity contribution >= 4 is 27.8 Å². The molecule has 0 heterocycles. The maximum absolute atomic E-state index is 2.56. The van der Waals surface area contributed by atoms with Crippen LogP contribution in [0.25, 0.3) is 33.0 Å². The van der Waals surface area contributed by atoms with Crippen LogP contribution in [0.2, 0.25) is 0 Å². The summed E-state index contributed by atoms with van der Waals surface area (Å²) in [6.07, 6.45) is 8.62. The highest BCUT2D eigenvalue weighted by Crippen LogP contribution is 2.61. The third kappa shape index (κ3) is 4.51. The average Bonchev–Trinajstić information content (AvgIpc) is 3.34. The van der Waals surface area contributed by atoms with Gasteiger partial charge in [-0.2, -0.15) is 0 Å². The topological polar surface area (TPSA) is 3.24 Å². The van der Waals surface area contributed by atoms with Crippen molar-refractivity contribution < 1.29 is 0 Å². The summed E-state index contributed by atoms with van der Waals surface area (Å²) in [5.74, 6) is 2.82. The largest absolute Gasteiger partial charge is 0.310 e. The van der Waals surface area contributed by atoms with Crippen molar-refractivity contribution in [2.24, 2.45) is 17.8 Å². The molecule has 0 N–H and O–H groups in total. The molecule has 1 heteroatoms. The van der Waals surface area contributed by atoms with Crippen LogP contribution in [0, 0.1) is 31.6 Å². The molecule has 4 bridgehead atoms. The van der Waals surface area contributed by atoms with Gasteiger partial charge in [-0.3, -0.25) is 0 Å². The molecular formula is C49H47N. The smallest absolute Gasteiger partial charge is 0.0546 e. The molecule has 0 atom stereocenters. The van der Waals surface area contributed by atoms with Crippen molar-refractivity contribution in [3.05, 3.63) is 149 Å².